The Labute approximate surface area is 195 Å². The van der Waals surface area contributed by atoms with Gasteiger partial charge in [0.15, 0.2) is 0 Å². The SMILES string of the molecule is [CH3][Ge].[CH3][Ge]([CH3])[CH3].[CH3][Ge]([CH3])[CH3].[CH3][Ge]([CH3])[CH3].[CH3][Ge]([CH3])[CH3].[CH3][Ge]([CH3])[CH3].[Ge]. The Balaban J connectivity index is -0.0000000268. The van der Waals surface area contributed by atoms with Crippen molar-refractivity contribution in [2.24, 2.45) is 0 Å². The molecular formula is C16H48Ge7. The van der Waals surface area contributed by atoms with E-state index < -0.39 is 0 Å². The Morgan fingerprint density at radius 1 is 0.304 bits per heavy atom. The molecule has 0 N–H and O–H groups in total. The maximum absolute atomic E-state index is 2.33. The normalized spacial score (nSPS) is 8.09. The van der Waals surface area contributed by atoms with Crippen LogP contribution in [0.1, 0.15) is 0 Å². The molecule has 23 heavy (non-hydrogen) atoms. The first-order valence-corrected chi connectivity index (χ1v) is 41.6. The average Bonchev–Trinajstić information content (AvgIpc) is 2.14. The van der Waals surface area contributed by atoms with Crippen LogP contribution in [0.3, 0.4) is 0 Å². The smallest absolute Gasteiger partial charge is 0 e. The van der Waals surface area contributed by atoms with Gasteiger partial charge in [-0.25, -0.2) is 0 Å². The minimum absolute atomic E-state index is 0. The van der Waals surface area contributed by atoms with Gasteiger partial charge in [0, 0.05) is 17.6 Å². The van der Waals surface area contributed by atoms with E-state index in [1.807, 2.05) is 22.3 Å². The summed E-state index contributed by atoms with van der Waals surface area (Å²) in [5, 5.41) is 0. The van der Waals surface area contributed by atoms with Gasteiger partial charge in [-0.05, 0) is 0 Å². The minimum atomic E-state index is -0.333. The summed E-state index contributed by atoms with van der Waals surface area (Å²) < 4.78 is 0. The Hall–Kier alpha value is 3.80. The summed E-state index contributed by atoms with van der Waals surface area (Å²) in [5.41, 5.74) is 0. The zero-order chi connectivity index (χ0) is 19.9. The van der Waals surface area contributed by atoms with Crippen molar-refractivity contribution in [3.8, 4) is 0 Å². The van der Waals surface area contributed by atoms with Crippen LogP contribution in [0.5, 0.6) is 0 Å². The van der Waals surface area contributed by atoms with Crippen molar-refractivity contribution in [2.45, 2.75) is 92.1 Å². The van der Waals surface area contributed by atoms with Crippen molar-refractivity contribution in [2.75, 3.05) is 0 Å². The van der Waals surface area contributed by atoms with Crippen molar-refractivity contribution in [3.63, 3.8) is 0 Å². The van der Waals surface area contributed by atoms with Crippen LogP contribution in [-0.2, 0) is 0 Å². The largest absolute Gasteiger partial charge is 0 e. The van der Waals surface area contributed by atoms with Crippen LogP contribution in [0.2, 0.25) is 92.1 Å². The second-order valence-electron chi connectivity index (χ2n) is 7.50. The molecule has 0 fully saturated rings. The van der Waals surface area contributed by atoms with Crippen LogP contribution >= 0.6 is 0 Å². The summed E-state index contributed by atoms with van der Waals surface area (Å²) in [5.74, 6) is 37.0. The number of hydrogen-bond donors (Lipinski definition) is 0. The van der Waals surface area contributed by atoms with Gasteiger partial charge < -0.3 is 0 Å². The Morgan fingerprint density at radius 3 is 0.304 bits per heavy atom. The molecule has 0 unspecified atom stereocenters. The second kappa shape index (κ2) is 44.9. The van der Waals surface area contributed by atoms with Gasteiger partial charge in [0.25, 0.3) is 0 Å². The third kappa shape index (κ3) is 1010. The zero-order valence-corrected chi connectivity index (χ0v) is 34.2. The predicted molar refractivity (Wildman–Crippen MR) is 134 cm³/mol. The van der Waals surface area contributed by atoms with Crippen molar-refractivity contribution in [1.29, 1.82) is 0 Å². The summed E-state index contributed by atoms with van der Waals surface area (Å²) in [4.78, 5) is 0. The Bertz CT molecular complexity index is 79.0. The third-order valence-electron chi connectivity index (χ3n) is 0. The van der Waals surface area contributed by atoms with E-state index in [0.717, 1.165) is 0 Å². The zero-order valence-electron chi connectivity index (χ0n) is 19.5. The van der Waals surface area contributed by atoms with Gasteiger partial charge in [0.1, 0.15) is 0 Å². The standard InChI is InChI=1S/5C3H9Ge.CH3Ge.Ge/c5*1-4(2)3;1-2;/h5*1-3H3;1H3;. The van der Waals surface area contributed by atoms with Gasteiger partial charge in [0.05, 0.1) is 0 Å². The van der Waals surface area contributed by atoms with Gasteiger partial charge in [-0.2, -0.15) is 0 Å². The quantitative estimate of drug-likeness (QED) is 0.243. The number of rotatable bonds is 0. The minimum Gasteiger partial charge on any atom is 0 e. The maximum Gasteiger partial charge on any atom is 0 e. The molecule has 7 heteroatoms. The van der Waals surface area contributed by atoms with E-state index in [-0.39, 0.29) is 89.3 Å². The first-order valence-electron chi connectivity index (χ1n) is 8.00. The molecule has 0 aliphatic rings. The van der Waals surface area contributed by atoms with Crippen LogP contribution < -0.4 is 0 Å². The van der Waals surface area contributed by atoms with Crippen LogP contribution in [0.4, 0.5) is 0 Å². The van der Waals surface area contributed by atoms with E-state index in [2.05, 4.69) is 86.3 Å². The van der Waals surface area contributed by atoms with E-state index in [4.69, 9.17) is 0 Å². The van der Waals surface area contributed by atoms with Crippen LogP contribution in [0.25, 0.3) is 0 Å². The van der Waals surface area contributed by atoms with Crippen LogP contribution in [0, 0.1) is 0 Å². The fourth-order valence-electron chi connectivity index (χ4n) is 0. The summed E-state index contributed by atoms with van der Waals surface area (Å²) in [6.07, 6.45) is 0. The first-order chi connectivity index (χ1) is 9.66. The topological polar surface area (TPSA) is 0 Å². The molecule has 0 heterocycles. The maximum atomic E-state index is 2.33. The molecule has 0 aromatic rings. The molecular weight excluding hydrogens is 700 g/mol. The summed E-state index contributed by atoms with van der Waals surface area (Å²) in [7, 11) is 0. The third-order valence-corrected chi connectivity index (χ3v) is 0. The fraction of sp³-hybridized carbons (Fsp3) is 1.00. The number of hydrogen-bond acceptors (Lipinski definition) is 0. The van der Waals surface area contributed by atoms with Gasteiger partial charge in [-0.15, -0.1) is 0 Å². The van der Waals surface area contributed by atoms with E-state index >= 15 is 0 Å². The summed E-state index contributed by atoms with van der Waals surface area (Å²) in [6.45, 7) is 0. The van der Waals surface area contributed by atoms with E-state index in [1.54, 1.807) is 0 Å². The molecule has 0 aliphatic carbocycles. The molecule has 0 bridgehead atoms. The first kappa shape index (κ1) is 45.5. The molecule has 0 aromatic carbocycles. The van der Waals surface area contributed by atoms with Gasteiger partial charge >= 0.3 is 180 Å². The molecule has 0 saturated carbocycles. The van der Waals surface area contributed by atoms with Crippen molar-refractivity contribution in [1.82, 2.24) is 0 Å². The average molecular weight is 749 g/mol. The van der Waals surface area contributed by atoms with Crippen molar-refractivity contribution < 1.29 is 0 Å². The molecule has 0 amide bonds. The van der Waals surface area contributed by atoms with E-state index in [9.17, 15) is 0 Å². The molecule has 0 spiro atoms. The van der Waals surface area contributed by atoms with Gasteiger partial charge in [-0.3, -0.25) is 0 Å². The van der Waals surface area contributed by atoms with Gasteiger partial charge in [-0.1, -0.05) is 0 Å². The molecule has 0 aromatic heterocycles. The molecule has 0 atom stereocenters. The van der Waals surface area contributed by atoms with E-state index in [0.29, 0.717) is 0 Å². The van der Waals surface area contributed by atoms with E-state index in [1.165, 1.54) is 0 Å². The molecule has 12 radical (unpaired) electrons. The molecule has 140 valence electrons. The summed E-state index contributed by atoms with van der Waals surface area (Å²) >= 11 is 0.333. The predicted octanol–water partition coefficient (Wildman–Crippen LogP) is 6.68. The fourth-order valence-corrected chi connectivity index (χ4v) is 0. The monoisotopic (exact) mass is 758 g/mol. The second-order valence-corrected chi connectivity index (χ2v) is 39.0. The van der Waals surface area contributed by atoms with Crippen molar-refractivity contribution >= 4 is 106 Å². The van der Waals surface area contributed by atoms with Gasteiger partial charge in [0.2, 0.25) is 0 Å². The Kier molecular flexibility index (Phi) is 88.8. The summed E-state index contributed by atoms with van der Waals surface area (Å²) in [6, 6.07) is 0. The molecule has 0 aliphatic heterocycles. The van der Waals surface area contributed by atoms with Crippen molar-refractivity contribution in [3.05, 3.63) is 0 Å². The van der Waals surface area contributed by atoms with Crippen LogP contribution in [0.15, 0.2) is 0 Å². The molecule has 0 saturated heterocycles. The molecule has 0 rings (SSSR count). The molecule has 0 nitrogen and oxygen atoms in total. The van der Waals surface area contributed by atoms with Crippen LogP contribution in [-0.4, -0.2) is 106 Å². The Morgan fingerprint density at radius 2 is 0.304 bits per heavy atom.